The molecule has 32 heavy (non-hydrogen) atoms. The molecular weight excluding hydrogens is 502 g/mol. The molecule has 4 heterocycles. The zero-order valence-electron chi connectivity index (χ0n) is 17.3. The molecule has 0 saturated carbocycles. The van der Waals surface area contributed by atoms with E-state index in [1.54, 1.807) is 19.4 Å². The maximum Gasteiger partial charge on any atom is 0.295 e. The molecular formula is C20H20BrN5O5S. The number of halogens is 1. The van der Waals surface area contributed by atoms with Crippen molar-refractivity contribution in [3.05, 3.63) is 40.4 Å². The Bertz CT molecular complexity index is 1110. The van der Waals surface area contributed by atoms with E-state index in [2.05, 4.69) is 41.4 Å². The predicted octanol–water partition coefficient (Wildman–Crippen LogP) is 3.12. The number of anilines is 1. The number of ether oxygens (including phenoxy) is 4. The molecule has 0 unspecified atom stereocenters. The summed E-state index contributed by atoms with van der Waals surface area (Å²) in [7, 11) is 1.55. The molecule has 1 N–H and O–H groups in total. The van der Waals surface area contributed by atoms with E-state index in [0.717, 1.165) is 17.0 Å². The van der Waals surface area contributed by atoms with Crippen LogP contribution in [-0.2, 0) is 9.47 Å². The summed E-state index contributed by atoms with van der Waals surface area (Å²) in [5.41, 5.74) is 2.48. The number of amides is 1. The van der Waals surface area contributed by atoms with E-state index >= 15 is 0 Å². The van der Waals surface area contributed by atoms with Crippen LogP contribution in [-0.4, -0.2) is 65.7 Å². The average Bonchev–Trinajstić information content (AvgIpc) is 3.25. The van der Waals surface area contributed by atoms with Gasteiger partial charge in [-0.2, -0.15) is 0 Å². The summed E-state index contributed by atoms with van der Waals surface area (Å²) in [5, 5.41) is 11.4. The maximum absolute atomic E-state index is 13.1. The standard InChI is InChI=1S/C20H20BrN5O5S/c1-11-5-13(14-6-17(21)23-8-16(14)28-2)15(7-22-11)18(27)24-19-25-26-20(32-19)31-10-12-9-29-3-4-30-12/h5-8,12H,3-4,9-10H2,1-2H3,(H,24,25,27)/t12-/m1/s1. The summed E-state index contributed by atoms with van der Waals surface area (Å²) in [6.45, 7) is 3.75. The molecule has 0 aliphatic carbocycles. The summed E-state index contributed by atoms with van der Waals surface area (Å²) >= 11 is 4.50. The zero-order chi connectivity index (χ0) is 22.5. The second-order valence-corrected chi connectivity index (χ2v) is 8.54. The third-order valence-electron chi connectivity index (χ3n) is 4.53. The van der Waals surface area contributed by atoms with Gasteiger partial charge in [0.25, 0.3) is 11.1 Å². The van der Waals surface area contributed by atoms with Gasteiger partial charge in [0.1, 0.15) is 23.1 Å². The van der Waals surface area contributed by atoms with E-state index in [4.69, 9.17) is 18.9 Å². The van der Waals surface area contributed by atoms with Gasteiger partial charge >= 0.3 is 0 Å². The number of carbonyl (C=O) groups excluding carboxylic acids is 1. The summed E-state index contributed by atoms with van der Waals surface area (Å²) < 4.78 is 22.5. The molecule has 0 bridgehead atoms. The lowest BCUT2D eigenvalue weighted by Gasteiger charge is -2.22. The number of hydrogen-bond acceptors (Lipinski definition) is 10. The average molecular weight is 522 g/mol. The van der Waals surface area contributed by atoms with E-state index < -0.39 is 0 Å². The van der Waals surface area contributed by atoms with Crippen molar-refractivity contribution in [2.75, 3.05) is 38.9 Å². The van der Waals surface area contributed by atoms with Gasteiger partial charge < -0.3 is 18.9 Å². The first-order chi connectivity index (χ1) is 15.5. The van der Waals surface area contributed by atoms with Gasteiger partial charge in [0.15, 0.2) is 0 Å². The molecule has 0 aromatic carbocycles. The van der Waals surface area contributed by atoms with Gasteiger partial charge in [-0.05, 0) is 46.3 Å². The third-order valence-corrected chi connectivity index (χ3v) is 5.72. The quantitative estimate of drug-likeness (QED) is 0.467. The molecule has 4 rings (SSSR count). The van der Waals surface area contributed by atoms with Gasteiger partial charge in [-0.15, -0.1) is 5.10 Å². The Kier molecular flexibility index (Phi) is 7.25. The van der Waals surface area contributed by atoms with E-state index in [1.165, 1.54) is 6.20 Å². The van der Waals surface area contributed by atoms with Crippen LogP contribution in [0.1, 0.15) is 16.1 Å². The minimum Gasteiger partial charge on any atom is -0.494 e. The topological polar surface area (TPSA) is 118 Å². The number of aryl methyl sites for hydroxylation is 1. The summed E-state index contributed by atoms with van der Waals surface area (Å²) in [4.78, 5) is 21.5. The molecule has 1 saturated heterocycles. The van der Waals surface area contributed by atoms with Crippen molar-refractivity contribution < 1.29 is 23.7 Å². The van der Waals surface area contributed by atoms with Gasteiger partial charge in [-0.1, -0.05) is 5.10 Å². The Morgan fingerprint density at radius 1 is 1.25 bits per heavy atom. The molecule has 10 nitrogen and oxygen atoms in total. The molecule has 0 spiro atoms. The van der Waals surface area contributed by atoms with Crippen LogP contribution in [0.4, 0.5) is 5.13 Å². The molecule has 12 heteroatoms. The van der Waals surface area contributed by atoms with Gasteiger partial charge in [-0.25, -0.2) is 4.98 Å². The number of nitrogens with zero attached hydrogens (tertiary/aromatic N) is 4. The number of aromatic nitrogens is 4. The molecule has 1 atom stereocenters. The third kappa shape index (κ3) is 5.38. The first-order valence-electron chi connectivity index (χ1n) is 9.67. The van der Waals surface area contributed by atoms with E-state index in [0.29, 0.717) is 63.8 Å². The SMILES string of the molecule is COc1cnc(Br)cc1-c1cc(C)ncc1C(=O)Nc1nnc(OC[C@H]2COCCO2)s1. The van der Waals surface area contributed by atoms with Crippen LogP contribution >= 0.6 is 27.3 Å². The normalized spacial score (nSPS) is 15.9. The molecule has 1 amide bonds. The fourth-order valence-electron chi connectivity index (χ4n) is 3.03. The summed E-state index contributed by atoms with van der Waals surface area (Å²) in [5.74, 6) is 0.155. The van der Waals surface area contributed by atoms with Crippen molar-refractivity contribution >= 4 is 38.3 Å². The van der Waals surface area contributed by atoms with Gasteiger partial charge in [0, 0.05) is 23.0 Å². The largest absolute Gasteiger partial charge is 0.494 e. The van der Waals surface area contributed by atoms with Crippen molar-refractivity contribution in [2.45, 2.75) is 13.0 Å². The molecule has 3 aromatic heterocycles. The fourth-order valence-corrected chi connectivity index (χ4v) is 3.96. The van der Waals surface area contributed by atoms with Crippen LogP contribution in [0.5, 0.6) is 10.9 Å². The van der Waals surface area contributed by atoms with Crippen LogP contribution in [0.15, 0.2) is 29.1 Å². The van der Waals surface area contributed by atoms with Gasteiger partial charge in [-0.3, -0.25) is 15.1 Å². The first-order valence-corrected chi connectivity index (χ1v) is 11.3. The highest BCUT2D eigenvalue weighted by molar-refractivity contribution is 9.10. The minimum atomic E-state index is -0.380. The Balaban J connectivity index is 1.51. The van der Waals surface area contributed by atoms with Crippen molar-refractivity contribution in [1.29, 1.82) is 0 Å². The highest BCUT2D eigenvalue weighted by atomic mass is 79.9. The van der Waals surface area contributed by atoms with E-state index in [1.807, 2.05) is 13.0 Å². The second kappa shape index (κ2) is 10.3. The van der Waals surface area contributed by atoms with E-state index in [9.17, 15) is 4.79 Å². The van der Waals surface area contributed by atoms with Gasteiger partial charge in [0.05, 0.1) is 38.7 Å². The number of nitrogens with one attached hydrogen (secondary N) is 1. The number of hydrogen-bond donors (Lipinski definition) is 1. The number of rotatable bonds is 7. The maximum atomic E-state index is 13.1. The van der Waals surface area contributed by atoms with Crippen LogP contribution in [0, 0.1) is 6.92 Å². The lowest BCUT2D eigenvalue weighted by atomic mass is 10.0. The van der Waals surface area contributed by atoms with Crippen LogP contribution in [0.2, 0.25) is 0 Å². The summed E-state index contributed by atoms with van der Waals surface area (Å²) in [6, 6.07) is 3.61. The van der Waals surface area contributed by atoms with Crippen LogP contribution in [0.25, 0.3) is 11.1 Å². The molecule has 168 valence electrons. The van der Waals surface area contributed by atoms with Crippen LogP contribution < -0.4 is 14.8 Å². The smallest absolute Gasteiger partial charge is 0.295 e. The number of pyridine rings is 2. The fraction of sp³-hybridized carbons (Fsp3) is 0.350. The van der Waals surface area contributed by atoms with Crippen molar-refractivity contribution in [2.24, 2.45) is 0 Å². The van der Waals surface area contributed by atoms with Gasteiger partial charge in [0.2, 0.25) is 5.13 Å². The Hall–Kier alpha value is -2.67. The lowest BCUT2D eigenvalue weighted by Crippen LogP contribution is -2.33. The van der Waals surface area contributed by atoms with Crippen molar-refractivity contribution in [1.82, 2.24) is 20.2 Å². The second-order valence-electron chi connectivity index (χ2n) is 6.78. The number of methoxy groups -OCH3 is 1. The predicted molar refractivity (Wildman–Crippen MR) is 120 cm³/mol. The number of carbonyl (C=O) groups is 1. The molecule has 1 aliphatic heterocycles. The summed E-state index contributed by atoms with van der Waals surface area (Å²) in [6.07, 6.45) is 2.96. The van der Waals surface area contributed by atoms with Crippen molar-refractivity contribution in [3.63, 3.8) is 0 Å². The molecule has 1 aliphatic rings. The molecule has 1 fully saturated rings. The Morgan fingerprint density at radius 2 is 2.12 bits per heavy atom. The van der Waals surface area contributed by atoms with Crippen molar-refractivity contribution in [3.8, 4) is 22.1 Å². The molecule has 3 aromatic rings. The molecule has 0 radical (unpaired) electrons. The first kappa shape index (κ1) is 22.5. The highest BCUT2D eigenvalue weighted by Gasteiger charge is 2.20. The minimum absolute atomic E-state index is 0.151. The monoisotopic (exact) mass is 521 g/mol. The highest BCUT2D eigenvalue weighted by Crippen LogP contribution is 2.34. The lowest BCUT2D eigenvalue weighted by molar-refractivity contribution is -0.101. The Morgan fingerprint density at radius 3 is 2.91 bits per heavy atom. The van der Waals surface area contributed by atoms with Crippen LogP contribution in [0.3, 0.4) is 0 Å². The Labute approximate surface area is 196 Å². The zero-order valence-corrected chi connectivity index (χ0v) is 19.7. The van der Waals surface area contributed by atoms with E-state index in [-0.39, 0.29) is 12.0 Å².